The number of benzene rings is 1. The molecular weight excluding hydrogens is 308 g/mol. The van der Waals surface area contributed by atoms with Crippen molar-refractivity contribution in [2.45, 2.75) is 24.5 Å². The van der Waals surface area contributed by atoms with E-state index in [4.69, 9.17) is 0 Å². The second kappa shape index (κ2) is 10.2. The molecule has 1 aliphatic rings. The Morgan fingerprint density at radius 2 is 2.00 bits per heavy atom. The van der Waals surface area contributed by atoms with E-state index in [1.54, 1.807) is 7.05 Å². The molecule has 0 saturated carbocycles. The first-order chi connectivity index (χ1) is 11.3. The van der Waals surface area contributed by atoms with E-state index in [1.165, 1.54) is 18.6 Å². The number of thioether (sulfide) groups is 1. The van der Waals surface area contributed by atoms with Gasteiger partial charge in [0.2, 0.25) is 0 Å². The highest BCUT2D eigenvalue weighted by Crippen LogP contribution is 2.25. The van der Waals surface area contributed by atoms with E-state index in [0.717, 1.165) is 25.5 Å². The molecule has 0 aromatic heterocycles. The van der Waals surface area contributed by atoms with E-state index in [1.807, 2.05) is 42.1 Å². The van der Waals surface area contributed by atoms with Crippen LogP contribution >= 0.6 is 11.8 Å². The topological polar surface area (TPSA) is 65.5 Å². The number of guanidine groups is 1. The van der Waals surface area contributed by atoms with Crippen molar-refractivity contribution >= 4 is 23.6 Å². The molecule has 126 valence electrons. The molecule has 1 saturated heterocycles. The Morgan fingerprint density at radius 3 is 2.70 bits per heavy atom. The van der Waals surface area contributed by atoms with Gasteiger partial charge in [-0.3, -0.25) is 9.79 Å². The highest BCUT2D eigenvalue weighted by Gasteiger charge is 2.15. The standard InChI is InChI=1S/C17H26N4OS/c1-18-17(21-13-15-9-5-12-23-15)20-11-6-10-19-16(22)14-7-3-2-4-8-14/h2-4,7-8,15H,5-6,9-13H2,1H3,(H,19,22)(H2,18,20,21). The van der Waals surface area contributed by atoms with Crippen LogP contribution in [-0.2, 0) is 0 Å². The van der Waals surface area contributed by atoms with Gasteiger partial charge >= 0.3 is 0 Å². The number of carbonyl (C=O) groups excluding carboxylic acids is 1. The Hall–Kier alpha value is -1.69. The molecule has 0 bridgehead atoms. The van der Waals surface area contributed by atoms with Crippen molar-refractivity contribution in [1.82, 2.24) is 16.0 Å². The van der Waals surface area contributed by atoms with Gasteiger partial charge in [-0.15, -0.1) is 0 Å². The summed E-state index contributed by atoms with van der Waals surface area (Å²) in [6.45, 7) is 2.40. The monoisotopic (exact) mass is 334 g/mol. The predicted molar refractivity (Wildman–Crippen MR) is 98.2 cm³/mol. The fraction of sp³-hybridized carbons (Fsp3) is 0.529. The lowest BCUT2D eigenvalue weighted by Crippen LogP contribution is -2.41. The summed E-state index contributed by atoms with van der Waals surface area (Å²) in [4.78, 5) is 16.1. The van der Waals surface area contributed by atoms with E-state index < -0.39 is 0 Å². The average Bonchev–Trinajstić information content (AvgIpc) is 3.11. The Morgan fingerprint density at radius 1 is 1.22 bits per heavy atom. The number of hydrogen-bond acceptors (Lipinski definition) is 3. The molecule has 1 fully saturated rings. The Bertz CT molecular complexity index is 501. The summed E-state index contributed by atoms with van der Waals surface area (Å²) in [6.07, 6.45) is 3.47. The van der Waals surface area contributed by atoms with Gasteiger partial charge in [0.25, 0.3) is 5.91 Å². The lowest BCUT2D eigenvalue weighted by atomic mass is 10.2. The van der Waals surface area contributed by atoms with E-state index in [9.17, 15) is 4.79 Å². The molecule has 1 heterocycles. The molecule has 23 heavy (non-hydrogen) atoms. The molecule has 1 aromatic carbocycles. The summed E-state index contributed by atoms with van der Waals surface area (Å²) in [5, 5.41) is 10.3. The summed E-state index contributed by atoms with van der Waals surface area (Å²) >= 11 is 2.04. The number of aliphatic imine (C=N–C) groups is 1. The van der Waals surface area contributed by atoms with Crippen molar-refractivity contribution < 1.29 is 4.79 Å². The molecule has 1 unspecified atom stereocenters. The van der Waals surface area contributed by atoms with Gasteiger partial charge in [0.05, 0.1) is 0 Å². The fourth-order valence-corrected chi connectivity index (χ4v) is 3.63. The maximum atomic E-state index is 11.9. The minimum absolute atomic E-state index is 0.0219. The zero-order chi connectivity index (χ0) is 16.3. The highest BCUT2D eigenvalue weighted by molar-refractivity contribution is 8.00. The van der Waals surface area contributed by atoms with Crippen LogP contribution in [0.1, 0.15) is 29.6 Å². The van der Waals surface area contributed by atoms with Gasteiger partial charge in [0, 0.05) is 37.5 Å². The first-order valence-corrected chi connectivity index (χ1v) is 9.24. The van der Waals surface area contributed by atoms with Crippen molar-refractivity contribution in [2.24, 2.45) is 4.99 Å². The van der Waals surface area contributed by atoms with Gasteiger partial charge in [-0.2, -0.15) is 11.8 Å². The first kappa shape index (κ1) is 17.7. The Balaban J connectivity index is 1.56. The Labute approximate surface area is 142 Å². The first-order valence-electron chi connectivity index (χ1n) is 8.19. The lowest BCUT2D eigenvalue weighted by Gasteiger charge is -2.14. The van der Waals surface area contributed by atoms with Crippen molar-refractivity contribution in [3.8, 4) is 0 Å². The zero-order valence-corrected chi connectivity index (χ0v) is 14.5. The van der Waals surface area contributed by atoms with Crippen LogP contribution in [0.15, 0.2) is 35.3 Å². The van der Waals surface area contributed by atoms with Gasteiger partial charge in [0.15, 0.2) is 5.96 Å². The SMILES string of the molecule is CN=C(NCCCNC(=O)c1ccccc1)NCC1CCCS1. The molecule has 6 heteroatoms. The van der Waals surface area contributed by atoms with Crippen LogP contribution in [0.4, 0.5) is 0 Å². The molecule has 3 N–H and O–H groups in total. The van der Waals surface area contributed by atoms with Crippen LogP contribution in [-0.4, -0.2) is 49.6 Å². The third kappa shape index (κ3) is 6.52. The van der Waals surface area contributed by atoms with Gasteiger partial charge in [-0.25, -0.2) is 0 Å². The van der Waals surface area contributed by atoms with E-state index >= 15 is 0 Å². The molecule has 2 rings (SSSR count). The normalized spacial score (nSPS) is 17.8. The van der Waals surface area contributed by atoms with Gasteiger partial charge in [-0.1, -0.05) is 18.2 Å². The number of nitrogens with zero attached hydrogens (tertiary/aromatic N) is 1. The number of rotatable bonds is 7. The number of hydrogen-bond donors (Lipinski definition) is 3. The second-order valence-corrected chi connectivity index (χ2v) is 6.90. The second-order valence-electron chi connectivity index (χ2n) is 5.49. The summed E-state index contributed by atoms with van der Waals surface area (Å²) in [7, 11) is 1.79. The van der Waals surface area contributed by atoms with E-state index in [-0.39, 0.29) is 5.91 Å². The van der Waals surface area contributed by atoms with Gasteiger partial charge < -0.3 is 16.0 Å². The van der Waals surface area contributed by atoms with Gasteiger partial charge in [0.1, 0.15) is 0 Å². The largest absolute Gasteiger partial charge is 0.356 e. The lowest BCUT2D eigenvalue weighted by molar-refractivity contribution is 0.0953. The average molecular weight is 334 g/mol. The van der Waals surface area contributed by atoms with Crippen LogP contribution in [0.5, 0.6) is 0 Å². The quantitative estimate of drug-likeness (QED) is 0.405. The highest BCUT2D eigenvalue weighted by atomic mass is 32.2. The molecule has 1 amide bonds. The maximum Gasteiger partial charge on any atom is 0.251 e. The van der Waals surface area contributed by atoms with Crippen molar-refractivity contribution in [3.05, 3.63) is 35.9 Å². The molecule has 0 spiro atoms. The summed E-state index contributed by atoms with van der Waals surface area (Å²) in [6, 6.07) is 9.29. The minimum atomic E-state index is -0.0219. The summed E-state index contributed by atoms with van der Waals surface area (Å²) in [5.41, 5.74) is 0.701. The van der Waals surface area contributed by atoms with Crippen LogP contribution in [0.3, 0.4) is 0 Å². The summed E-state index contributed by atoms with van der Waals surface area (Å²) in [5.74, 6) is 2.10. The smallest absolute Gasteiger partial charge is 0.251 e. The van der Waals surface area contributed by atoms with Gasteiger partial charge in [-0.05, 0) is 37.1 Å². The molecule has 1 atom stereocenters. The third-order valence-electron chi connectivity index (χ3n) is 3.71. The van der Waals surface area contributed by atoms with Crippen molar-refractivity contribution in [2.75, 3.05) is 32.4 Å². The number of nitrogens with one attached hydrogen (secondary N) is 3. The zero-order valence-electron chi connectivity index (χ0n) is 13.7. The predicted octanol–water partition coefficient (Wildman–Crippen LogP) is 1.87. The molecular formula is C17H26N4OS. The molecule has 0 radical (unpaired) electrons. The van der Waals surface area contributed by atoms with E-state index in [2.05, 4.69) is 20.9 Å². The minimum Gasteiger partial charge on any atom is -0.356 e. The Kier molecular flexibility index (Phi) is 7.80. The van der Waals surface area contributed by atoms with Crippen molar-refractivity contribution in [1.29, 1.82) is 0 Å². The molecule has 0 aliphatic carbocycles. The number of amides is 1. The fourth-order valence-electron chi connectivity index (χ4n) is 2.43. The van der Waals surface area contributed by atoms with Crippen LogP contribution < -0.4 is 16.0 Å². The van der Waals surface area contributed by atoms with Crippen LogP contribution in [0.25, 0.3) is 0 Å². The van der Waals surface area contributed by atoms with E-state index in [0.29, 0.717) is 17.4 Å². The number of carbonyl (C=O) groups is 1. The molecule has 1 aliphatic heterocycles. The van der Waals surface area contributed by atoms with Crippen LogP contribution in [0, 0.1) is 0 Å². The van der Waals surface area contributed by atoms with Crippen molar-refractivity contribution in [3.63, 3.8) is 0 Å². The molecule has 5 nitrogen and oxygen atoms in total. The van der Waals surface area contributed by atoms with Crippen LogP contribution in [0.2, 0.25) is 0 Å². The third-order valence-corrected chi connectivity index (χ3v) is 5.11. The summed E-state index contributed by atoms with van der Waals surface area (Å²) < 4.78 is 0. The molecule has 1 aromatic rings. The maximum absolute atomic E-state index is 11.9.